The van der Waals surface area contributed by atoms with Gasteiger partial charge in [-0.05, 0) is 59.7 Å². The van der Waals surface area contributed by atoms with E-state index in [4.69, 9.17) is 14.8 Å². The first-order valence-electron chi connectivity index (χ1n) is 11.1. The van der Waals surface area contributed by atoms with Crippen molar-refractivity contribution in [2.24, 2.45) is 5.16 Å². The highest BCUT2D eigenvalue weighted by molar-refractivity contribution is 14.1. The lowest BCUT2D eigenvalue weighted by molar-refractivity contribution is 0.0168. The Balaban J connectivity index is 1.78. The van der Waals surface area contributed by atoms with Gasteiger partial charge in [0.15, 0.2) is 11.6 Å². The standard InChI is InChI=1S/C23H26F3IN4O5/c24-18-12-15(27)1-2-19(18)29-22-17(23(34)30-36-10-8-32)11-14(20(25)21(22)26)13-28-35-9-7-31-5-3-16(33)4-6-31/h1-2,11-13,16,29,32-33H,3-10H2,(H,30,34). The summed E-state index contributed by atoms with van der Waals surface area (Å²) in [4.78, 5) is 24.6. The molecule has 2 aromatic carbocycles. The van der Waals surface area contributed by atoms with Gasteiger partial charge in [-0.2, -0.15) is 0 Å². The third-order valence-electron chi connectivity index (χ3n) is 5.35. The van der Waals surface area contributed by atoms with Gasteiger partial charge in [0.05, 0.1) is 42.5 Å². The second-order valence-corrected chi connectivity index (χ2v) is 9.15. The molecule has 13 heteroatoms. The van der Waals surface area contributed by atoms with Gasteiger partial charge in [-0.3, -0.25) is 14.5 Å². The monoisotopic (exact) mass is 622 g/mol. The molecule has 0 unspecified atom stereocenters. The van der Waals surface area contributed by atoms with Crippen LogP contribution in [0.1, 0.15) is 28.8 Å². The third-order valence-corrected chi connectivity index (χ3v) is 6.02. The number of aliphatic hydroxyl groups excluding tert-OH is 2. The smallest absolute Gasteiger partial charge is 0.277 e. The number of rotatable bonds is 11. The fourth-order valence-corrected chi connectivity index (χ4v) is 3.90. The minimum absolute atomic E-state index is 0.172. The van der Waals surface area contributed by atoms with Crippen LogP contribution in [0.15, 0.2) is 29.4 Å². The first kappa shape index (κ1) is 28.1. The molecular formula is C23H26F3IN4O5. The minimum Gasteiger partial charge on any atom is -0.394 e. The minimum atomic E-state index is -1.43. The van der Waals surface area contributed by atoms with Crippen LogP contribution in [0.4, 0.5) is 24.5 Å². The highest BCUT2D eigenvalue weighted by Gasteiger charge is 2.23. The largest absolute Gasteiger partial charge is 0.394 e. The molecule has 0 bridgehead atoms. The number of likely N-dealkylation sites (tertiary alicyclic amines) is 1. The molecule has 1 amide bonds. The first-order valence-corrected chi connectivity index (χ1v) is 12.2. The van der Waals surface area contributed by atoms with Crippen molar-refractivity contribution in [2.45, 2.75) is 18.9 Å². The van der Waals surface area contributed by atoms with Crippen LogP contribution in [-0.4, -0.2) is 72.8 Å². The molecule has 1 heterocycles. The summed E-state index contributed by atoms with van der Waals surface area (Å²) >= 11 is 1.90. The van der Waals surface area contributed by atoms with Gasteiger partial charge < -0.3 is 20.4 Å². The van der Waals surface area contributed by atoms with Crippen LogP contribution in [0, 0.1) is 21.0 Å². The van der Waals surface area contributed by atoms with Gasteiger partial charge in [0.25, 0.3) is 5.91 Å². The number of piperidine rings is 1. The Morgan fingerprint density at radius 3 is 2.64 bits per heavy atom. The lowest BCUT2D eigenvalue weighted by Gasteiger charge is -2.28. The first-order chi connectivity index (χ1) is 17.3. The van der Waals surface area contributed by atoms with E-state index in [0.29, 0.717) is 23.0 Å². The summed E-state index contributed by atoms with van der Waals surface area (Å²) in [6, 6.07) is 5.08. The molecule has 0 aromatic heterocycles. The summed E-state index contributed by atoms with van der Waals surface area (Å²) < 4.78 is 44.8. The number of hydroxylamine groups is 1. The van der Waals surface area contributed by atoms with E-state index in [1.54, 1.807) is 6.07 Å². The van der Waals surface area contributed by atoms with Crippen molar-refractivity contribution < 1.29 is 37.9 Å². The van der Waals surface area contributed by atoms with Gasteiger partial charge in [-0.15, -0.1) is 0 Å². The molecule has 0 aliphatic carbocycles. The molecular weight excluding hydrogens is 596 g/mol. The van der Waals surface area contributed by atoms with Gasteiger partial charge in [0.2, 0.25) is 0 Å². The third kappa shape index (κ3) is 7.77. The highest BCUT2D eigenvalue weighted by atomic mass is 127. The lowest BCUT2D eigenvalue weighted by Crippen LogP contribution is -2.37. The maximum Gasteiger partial charge on any atom is 0.277 e. The summed E-state index contributed by atoms with van der Waals surface area (Å²) in [5.74, 6) is -4.45. The molecule has 1 aliphatic rings. The molecule has 0 spiro atoms. The number of benzene rings is 2. The molecule has 36 heavy (non-hydrogen) atoms. The Kier molecular flexibility index (Phi) is 10.7. The van der Waals surface area contributed by atoms with Crippen molar-refractivity contribution in [1.29, 1.82) is 0 Å². The maximum atomic E-state index is 15.1. The van der Waals surface area contributed by atoms with E-state index in [9.17, 15) is 18.7 Å². The Hall–Kier alpha value is -2.46. The van der Waals surface area contributed by atoms with Gasteiger partial charge in [0.1, 0.15) is 12.4 Å². The molecule has 3 rings (SSSR count). The highest BCUT2D eigenvalue weighted by Crippen LogP contribution is 2.30. The van der Waals surface area contributed by atoms with E-state index >= 15 is 4.39 Å². The quantitative estimate of drug-likeness (QED) is 0.132. The fourth-order valence-electron chi connectivity index (χ4n) is 3.44. The Morgan fingerprint density at radius 2 is 1.94 bits per heavy atom. The second-order valence-electron chi connectivity index (χ2n) is 7.91. The van der Waals surface area contributed by atoms with Crippen LogP contribution in [0.5, 0.6) is 0 Å². The predicted molar refractivity (Wildman–Crippen MR) is 134 cm³/mol. The van der Waals surface area contributed by atoms with E-state index in [0.717, 1.165) is 25.4 Å². The molecule has 4 N–H and O–H groups in total. The zero-order valence-corrected chi connectivity index (χ0v) is 21.3. The van der Waals surface area contributed by atoms with Crippen molar-refractivity contribution in [3.8, 4) is 0 Å². The number of carbonyl (C=O) groups excluding carboxylic acids is 1. The average molecular weight is 622 g/mol. The van der Waals surface area contributed by atoms with Crippen LogP contribution in [-0.2, 0) is 9.68 Å². The van der Waals surface area contributed by atoms with Crippen molar-refractivity contribution in [2.75, 3.05) is 44.8 Å². The Labute approximate surface area is 219 Å². The number of carbonyl (C=O) groups is 1. The molecule has 0 saturated carbocycles. The van der Waals surface area contributed by atoms with Crippen molar-refractivity contribution in [3.63, 3.8) is 0 Å². The van der Waals surface area contributed by atoms with Crippen LogP contribution >= 0.6 is 22.6 Å². The summed E-state index contributed by atoms with van der Waals surface area (Å²) in [6.45, 7) is 1.55. The van der Waals surface area contributed by atoms with E-state index in [-0.39, 0.29) is 37.2 Å². The Morgan fingerprint density at radius 1 is 1.19 bits per heavy atom. The number of aliphatic hydroxyl groups is 2. The zero-order valence-electron chi connectivity index (χ0n) is 19.1. The maximum absolute atomic E-state index is 15.1. The van der Waals surface area contributed by atoms with Gasteiger partial charge in [-0.1, -0.05) is 5.16 Å². The van der Waals surface area contributed by atoms with Crippen LogP contribution < -0.4 is 10.8 Å². The van der Waals surface area contributed by atoms with E-state index in [1.807, 2.05) is 28.1 Å². The number of nitrogens with zero attached hydrogens (tertiary/aromatic N) is 2. The molecule has 0 atom stereocenters. The summed E-state index contributed by atoms with van der Waals surface area (Å²) in [6.07, 6.45) is 1.98. The number of hydrogen-bond donors (Lipinski definition) is 4. The van der Waals surface area contributed by atoms with Crippen LogP contribution in [0.2, 0.25) is 0 Å². The number of halogens is 4. The lowest BCUT2D eigenvalue weighted by atomic mass is 10.1. The van der Waals surface area contributed by atoms with Crippen LogP contribution in [0.3, 0.4) is 0 Å². The van der Waals surface area contributed by atoms with Crippen molar-refractivity contribution in [1.82, 2.24) is 10.4 Å². The second kappa shape index (κ2) is 13.7. The van der Waals surface area contributed by atoms with Gasteiger partial charge >= 0.3 is 0 Å². The van der Waals surface area contributed by atoms with E-state index in [2.05, 4.69) is 15.4 Å². The molecule has 1 saturated heterocycles. The predicted octanol–water partition coefficient (Wildman–Crippen LogP) is 2.91. The van der Waals surface area contributed by atoms with Gasteiger partial charge in [-0.25, -0.2) is 18.7 Å². The average Bonchev–Trinajstić information content (AvgIpc) is 2.85. The fraction of sp³-hybridized carbons (Fsp3) is 0.391. The van der Waals surface area contributed by atoms with Crippen LogP contribution in [0.25, 0.3) is 0 Å². The number of anilines is 2. The molecule has 196 valence electrons. The summed E-state index contributed by atoms with van der Waals surface area (Å²) in [7, 11) is 0. The number of amides is 1. The number of oxime groups is 1. The molecule has 2 aromatic rings. The molecule has 9 nitrogen and oxygen atoms in total. The SMILES string of the molecule is O=C(NOCCO)c1cc(C=NOCCN2CCC(O)CC2)c(F)c(F)c1Nc1ccc(I)cc1F. The van der Waals surface area contributed by atoms with Gasteiger partial charge in [0, 0.05) is 28.8 Å². The van der Waals surface area contributed by atoms with Crippen molar-refractivity contribution >= 4 is 46.1 Å². The topological polar surface area (TPSA) is 116 Å². The summed E-state index contributed by atoms with van der Waals surface area (Å²) in [5, 5.41) is 24.5. The van der Waals surface area contributed by atoms with Crippen molar-refractivity contribution in [3.05, 3.63) is 56.4 Å². The number of nitrogens with one attached hydrogen (secondary N) is 2. The summed E-state index contributed by atoms with van der Waals surface area (Å²) in [5.41, 5.74) is 0.466. The number of hydrogen-bond acceptors (Lipinski definition) is 8. The molecule has 1 aliphatic heterocycles. The normalized spacial score (nSPS) is 14.8. The van der Waals surface area contributed by atoms with E-state index in [1.165, 1.54) is 12.1 Å². The molecule has 1 fully saturated rings. The molecule has 0 radical (unpaired) electrons. The Bertz CT molecular complexity index is 1080. The zero-order chi connectivity index (χ0) is 26.1. The van der Waals surface area contributed by atoms with E-state index < -0.39 is 34.6 Å².